The molecule has 0 aliphatic rings. The van der Waals surface area contributed by atoms with Crippen molar-refractivity contribution in [3.8, 4) is 11.8 Å². The number of hydrogen-bond acceptors (Lipinski definition) is 3. The number of nitrogens with zero attached hydrogens (tertiary/aromatic N) is 1. The predicted molar refractivity (Wildman–Crippen MR) is 109 cm³/mol. The summed E-state index contributed by atoms with van der Waals surface area (Å²) in [6, 6.07) is 18.7. The zero-order valence-corrected chi connectivity index (χ0v) is 15.7. The monoisotopic (exact) mass is 376 g/mol. The first kappa shape index (κ1) is 18.5. The maximum Gasteiger partial charge on any atom is 0.266 e. The van der Waals surface area contributed by atoms with Gasteiger partial charge in [0.15, 0.2) is 0 Å². The molecule has 134 valence electrons. The first-order chi connectivity index (χ1) is 13.0. The number of nitrogens with one attached hydrogen (secondary N) is 1. The van der Waals surface area contributed by atoms with E-state index in [4.69, 9.17) is 16.3 Å². The Morgan fingerprint density at radius 2 is 1.89 bits per heavy atom. The molecule has 0 aliphatic heterocycles. The number of fused-ring (bicyclic) bond motifs is 1. The number of halogens is 1. The summed E-state index contributed by atoms with van der Waals surface area (Å²) >= 11 is 6.08. The van der Waals surface area contributed by atoms with Gasteiger partial charge < -0.3 is 10.1 Å². The van der Waals surface area contributed by atoms with Crippen LogP contribution in [0.2, 0.25) is 5.02 Å². The van der Waals surface area contributed by atoms with Crippen LogP contribution in [0, 0.1) is 18.3 Å². The number of ether oxygens (including phenoxy) is 1. The second-order valence-electron chi connectivity index (χ2n) is 6.01. The first-order valence-electron chi connectivity index (χ1n) is 8.28. The molecule has 0 atom stereocenters. The molecule has 0 spiro atoms. The van der Waals surface area contributed by atoms with Crippen LogP contribution in [-0.2, 0) is 4.79 Å². The van der Waals surface area contributed by atoms with Crippen LogP contribution < -0.4 is 10.1 Å². The maximum absolute atomic E-state index is 12.5. The van der Waals surface area contributed by atoms with Gasteiger partial charge in [-0.15, -0.1) is 0 Å². The highest BCUT2D eigenvalue weighted by atomic mass is 35.5. The number of benzene rings is 3. The molecule has 0 bridgehead atoms. The van der Waals surface area contributed by atoms with Crippen LogP contribution in [0.1, 0.15) is 11.1 Å². The van der Waals surface area contributed by atoms with Crippen molar-refractivity contribution in [2.24, 2.45) is 0 Å². The van der Waals surface area contributed by atoms with E-state index in [9.17, 15) is 10.1 Å². The van der Waals surface area contributed by atoms with E-state index in [-0.39, 0.29) is 5.57 Å². The summed E-state index contributed by atoms with van der Waals surface area (Å²) in [5, 5.41) is 14.7. The lowest BCUT2D eigenvalue weighted by atomic mass is 10.0. The summed E-state index contributed by atoms with van der Waals surface area (Å²) in [5.74, 6) is 0.303. The van der Waals surface area contributed by atoms with Crippen LogP contribution in [0.25, 0.3) is 16.8 Å². The van der Waals surface area contributed by atoms with Crippen molar-refractivity contribution in [1.82, 2.24) is 0 Å². The zero-order valence-electron chi connectivity index (χ0n) is 14.9. The third-order valence-electron chi connectivity index (χ3n) is 4.26. The summed E-state index contributed by atoms with van der Waals surface area (Å²) in [6.45, 7) is 1.81. The number of nitriles is 1. The van der Waals surface area contributed by atoms with Crippen LogP contribution in [-0.4, -0.2) is 13.0 Å². The molecular formula is C22H17ClN2O2. The Morgan fingerprint density at radius 1 is 1.15 bits per heavy atom. The highest BCUT2D eigenvalue weighted by molar-refractivity contribution is 6.31. The zero-order chi connectivity index (χ0) is 19.4. The van der Waals surface area contributed by atoms with Crippen LogP contribution in [0.3, 0.4) is 0 Å². The Balaban J connectivity index is 1.89. The summed E-state index contributed by atoms with van der Waals surface area (Å²) in [7, 11) is 1.62. The molecular weight excluding hydrogens is 360 g/mol. The first-order valence-corrected chi connectivity index (χ1v) is 8.65. The van der Waals surface area contributed by atoms with Gasteiger partial charge in [-0.3, -0.25) is 4.79 Å². The van der Waals surface area contributed by atoms with E-state index < -0.39 is 5.91 Å². The van der Waals surface area contributed by atoms with Gasteiger partial charge in [-0.25, -0.2) is 0 Å². The predicted octanol–water partition coefficient (Wildman–Crippen LogP) is 5.36. The largest absolute Gasteiger partial charge is 0.497 e. The molecule has 0 radical (unpaired) electrons. The van der Waals surface area contributed by atoms with E-state index in [1.54, 1.807) is 31.4 Å². The summed E-state index contributed by atoms with van der Waals surface area (Å²) < 4.78 is 5.22. The Bertz CT molecular complexity index is 1100. The minimum absolute atomic E-state index is 0.0160. The summed E-state index contributed by atoms with van der Waals surface area (Å²) in [6.07, 6.45) is 1.57. The highest BCUT2D eigenvalue weighted by Crippen LogP contribution is 2.25. The molecule has 0 saturated carbocycles. The van der Waals surface area contributed by atoms with E-state index >= 15 is 0 Å². The number of carbonyl (C=O) groups excluding carboxylic acids is 1. The van der Waals surface area contributed by atoms with Crippen LogP contribution in [0.5, 0.6) is 5.75 Å². The molecule has 0 unspecified atom stereocenters. The second-order valence-corrected chi connectivity index (χ2v) is 6.42. The van der Waals surface area contributed by atoms with Crippen molar-refractivity contribution in [2.75, 3.05) is 12.4 Å². The van der Waals surface area contributed by atoms with Crippen molar-refractivity contribution >= 4 is 40.0 Å². The number of hydrogen-bond donors (Lipinski definition) is 1. The van der Waals surface area contributed by atoms with Crippen molar-refractivity contribution in [3.63, 3.8) is 0 Å². The molecule has 0 fully saturated rings. The number of methoxy groups -OCH3 is 1. The number of amides is 1. The molecule has 0 aliphatic carbocycles. The van der Waals surface area contributed by atoms with E-state index in [1.165, 1.54) is 0 Å². The second kappa shape index (κ2) is 7.94. The van der Waals surface area contributed by atoms with Crippen molar-refractivity contribution in [2.45, 2.75) is 6.92 Å². The van der Waals surface area contributed by atoms with E-state index in [2.05, 4.69) is 5.32 Å². The topological polar surface area (TPSA) is 62.1 Å². The average molecular weight is 377 g/mol. The Morgan fingerprint density at radius 3 is 2.63 bits per heavy atom. The minimum atomic E-state index is -0.474. The van der Waals surface area contributed by atoms with Crippen molar-refractivity contribution in [3.05, 3.63) is 76.3 Å². The molecule has 27 heavy (non-hydrogen) atoms. The number of rotatable bonds is 4. The fourth-order valence-corrected chi connectivity index (χ4v) is 2.88. The van der Waals surface area contributed by atoms with Gasteiger partial charge in [0.2, 0.25) is 0 Å². The molecule has 3 aromatic rings. The third-order valence-corrected chi connectivity index (χ3v) is 4.67. The average Bonchev–Trinajstić information content (AvgIpc) is 2.69. The lowest BCUT2D eigenvalue weighted by Gasteiger charge is -2.09. The van der Waals surface area contributed by atoms with E-state index in [0.717, 1.165) is 27.6 Å². The van der Waals surface area contributed by atoms with Gasteiger partial charge in [-0.1, -0.05) is 35.9 Å². The molecule has 3 rings (SSSR count). The smallest absolute Gasteiger partial charge is 0.266 e. The third kappa shape index (κ3) is 4.11. The molecule has 3 aromatic carbocycles. The van der Waals surface area contributed by atoms with Gasteiger partial charge in [0, 0.05) is 10.7 Å². The summed E-state index contributed by atoms with van der Waals surface area (Å²) in [5.41, 5.74) is 2.12. The van der Waals surface area contributed by atoms with E-state index in [0.29, 0.717) is 10.7 Å². The van der Waals surface area contributed by atoms with Gasteiger partial charge in [0.25, 0.3) is 5.91 Å². The van der Waals surface area contributed by atoms with Gasteiger partial charge >= 0.3 is 0 Å². The molecule has 0 saturated heterocycles. The normalized spacial score (nSPS) is 11.1. The lowest BCUT2D eigenvalue weighted by Crippen LogP contribution is -2.14. The van der Waals surface area contributed by atoms with Crippen LogP contribution >= 0.6 is 11.6 Å². The van der Waals surface area contributed by atoms with Crippen molar-refractivity contribution < 1.29 is 9.53 Å². The number of anilines is 1. The molecule has 5 heteroatoms. The fraction of sp³-hybridized carbons (Fsp3) is 0.0909. The summed E-state index contributed by atoms with van der Waals surface area (Å²) in [4.78, 5) is 12.5. The fourth-order valence-electron chi connectivity index (χ4n) is 2.71. The molecule has 0 heterocycles. The Labute approximate surface area is 162 Å². The Kier molecular flexibility index (Phi) is 5.44. The van der Waals surface area contributed by atoms with E-state index in [1.807, 2.05) is 49.4 Å². The van der Waals surface area contributed by atoms with Crippen molar-refractivity contribution in [1.29, 1.82) is 5.26 Å². The SMILES string of the molecule is COc1ccc2cc(/C=C(\C#N)C(=O)Nc3cccc(Cl)c3C)ccc2c1. The van der Waals surface area contributed by atoms with Gasteiger partial charge in [0.1, 0.15) is 17.4 Å². The molecule has 1 N–H and O–H groups in total. The van der Waals surface area contributed by atoms with Crippen LogP contribution in [0.15, 0.2) is 60.2 Å². The van der Waals surface area contributed by atoms with Crippen LogP contribution in [0.4, 0.5) is 5.69 Å². The highest BCUT2D eigenvalue weighted by Gasteiger charge is 2.12. The molecule has 4 nitrogen and oxygen atoms in total. The van der Waals surface area contributed by atoms with Gasteiger partial charge in [-0.05, 0) is 65.2 Å². The lowest BCUT2D eigenvalue weighted by molar-refractivity contribution is -0.112. The van der Waals surface area contributed by atoms with Gasteiger partial charge in [-0.2, -0.15) is 5.26 Å². The Hall–Kier alpha value is -3.29. The molecule has 0 aromatic heterocycles. The maximum atomic E-state index is 12.5. The standard InChI is InChI=1S/C22H17ClN2O2/c1-14-20(23)4-3-5-21(14)25-22(26)18(13-24)11-15-6-7-17-12-19(27-2)9-8-16(17)10-15/h3-12H,1-2H3,(H,25,26)/b18-11+. The minimum Gasteiger partial charge on any atom is -0.497 e. The molecule has 1 amide bonds. The van der Waals surface area contributed by atoms with Gasteiger partial charge in [0.05, 0.1) is 7.11 Å². The quantitative estimate of drug-likeness (QED) is 0.492. The number of carbonyl (C=O) groups is 1.